The molecule has 0 aliphatic carbocycles. The number of rotatable bonds is 6. The van der Waals surface area contributed by atoms with Gasteiger partial charge in [0.25, 0.3) is 0 Å². The summed E-state index contributed by atoms with van der Waals surface area (Å²) in [5.74, 6) is 1.69. The summed E-state index contributed by atoms with van der Waals surface area (Å²) >= 11 is 0. The van der Waals surface area contributed by atoms with Gasteiger partial charge >= 0.3 is 0 Å². The number of aliphatic imine (C=N–C) groups is 1. The van der Waals surface area contributed by atoms with Gasteiger partial charge in [-0.05, 0) is 30.9 Å². The van der Waals surface area contributed by atoms with E-state index in [1.807, 2.05) is 30.1 Å². The number of piperidine rings is 1. The minimum atomic E-state index is 0. The fourth-order valence-electron chi connectivity index (χ4n) is 3.49. The van der Waals surface area contributed by atoms with Gasteiger partial charge < -0.3 is 25.4 Å². The van der Waals surface area contributed by atoms with Gasteiger partial charge in [-0.1, -0.05) is 6.07 Å². The van der Waals surface area contributed by atoms with Crippen LogP contribution in [0.3, 0.4) is 0 Å². The van der Waals surface area contributed by atoms with Gasteiger partial charge in [-0.3, -0.25) is 9.67 Å². The lowest BCUT2D eigenvalue weighted by atomic mass is 10.1. The van der Waals surface area contributed by atoms with E-state index in [9.17, 15) is 5.11 Å². The Hall–Kier alpha value is -2.17. The van der Waals surface area contributed by atoms with Crippen molar-refractivity contribution in [3.05, 3.63) is 36.2 Å². The lowest BCUT2D eigenvalue weighted by Gasteiger charge is -2.34. The molecule has 3 rings (SSSR count). The highest BCUT2D eigenvalue weighted by Crippen LogP contribution is 2.23. The fourth-order valence-corrected chi connectivity index (χ4v) is 3.49. The number of nitrogens with one attached hydrogen (secondary N) is 2. The summed E-state index contributed by atoms with van der Waals surface area (Å²) in [5, 5.41) is 21.2. The van der Waals surface area contributed by atoms with Gasteiger partial charge in [0.05, 0.1) is 19.0 Å². The zero-order valence-corrected chi connectivity index (χ0v) is 19.6. The normalized spacial score (nSPS) is 16.9. The Labute approximate surface area is 189 Å². The van der Waals surface area contributed by atoms with Crippen molar-refractivity contribution in [3.8, 4) is 11.5 Å². The maximum Gasteiger partial charge on any atom is 0.191 e. The largest absolute Gasteiger partial charge is 0.508 e. The average molecular weight is 514 g/mol. The van der Waals surface area contributed by atoms with E-state index in [4.69, 9.17) is 4.74 Å². The van der Waals surface area contributed by atoms with Crippen LogP contribution in [-0.2, 0) is 13.5 Å². The number of nitrogens with zero attached hydrogens (tertiary/aromatic N) is 4. The highest BCUT2D eigenvalue weighted by molar-refractivity contribution is 14.0. The van der Waals surface area contributed by atoms with Crippen LogP contribution in [0.25, 0.3) is 0 Å². The van der Waals surface area contributed by atoms with E-state index in [2.05, 4.69) is 31.8 Å². The van der Waals surface area contributed by atoms with Crippen LogP contribution in [-0.4, -0.2) is 60.7 Å². The zero-order chi connectivity index (χ0) is 19.9. The molecule has 1 aliphatic rings. The Balaban J connectivity index is 0.00000300. The van der Waals surface area contributed by atoms with Gasteiger partial charge in [-0.15, -0.1) is 24.0 Å². The summed E-state index contributed by atoms with van der Waals surface area (Å²) in [4.78, 5) is 6.70. The van der Waals surface area contributed by atoms with Gasteiger partial charge in [0.2, 0.25) is 0 Å². The van der Waals surface area contributed by atoms with E-state index < -0.39 is 0 Å². The average Bonchev–Trinajstić information content (AvgIpc) is 3.15. The quantitative estimate of drug-likeness (QED) is 0.311. The molecule has 1 fully saturated rings. The first-order valence-electron chi connectivity index (χ1n) is 9.65. The highest BCUT2D eigenvalue weighted by Gasteiger charge is 2.21. The first-order valence-corrected chi connectivity index (χ1v) is 9.65. The van der Waals surface area contributed by atoms with Crippen LogP contribution in [0.4, 0.5) is 5.69 Å². The Morgan fingerprint density at radius 2 is 2.24 bits per heavy atom. The number of benzene rings is 1. The molecule has 1 unspecified atom stereocenters. The van der Waals surface area contributed by atoms with Gasteiger partial charge in [0, 0.05) is 52.0 Å². The highest BCUT2D eigenvalue weighted by atomic mass is 127. The molecule has 160 valence electrons. The molecule has 3 N–H and O–H groups in total. The van der Waals surface area contributed by atoms with Gasteiger partial charge in [0.15, 0.2) is 5.96 Å². The van der Waals surface area contributed by atoms with Crippen molar-refractivity contribution in [2.45, 2.75) is 25.3 Å². The summed E-state index contributed by atoms with van der Waals surface area (Å²) in [6.07, 6.45) is 6.90. The molecule has 0 spiro atoms. The van der Waals surface area contributed by atoms with Gasteiger partial charge in [0.1, 0.15) is 11.5 Å². The summed E-state index contributed by atoms with van der Waals surface area (Å²) < 4.78 is 6.96. The molecule has 1 aromatic heterocycles. The molecule has 1 aromatic carbocycles. The predicted octanol–water partition coefficient (Wildman–Crippen LogP) is 2.13. The topological polar surface area (TPSA) is 86.9 Å². The number of ether oxygens (including phenoxy) is 1. The molecule has 1 atom stereocenters. The number of aryl methyl sites for hydroxylation is 1. The molecule has 8 nitrogen and oxygen atoms in total. The fraction of sp³-hybridized carbons (Fsp3) is 0.500. The van der Waals surface area contributed by atoms with E-state index >= 15 is 0 Å². The lowest BCUT2D eigenvalue weighted by molar-refractivity contribution is 0.406. The lowest BCUT2D eigenvalue weighted by Crippen LogP contribution is -2.51. The maximum absolute atomic E-state index is 10.1. The van der Waals surface area contributed by atoms with Crippen LogP contribution < -0.4 is 20.3 Å². The van der Waals surface area contributed by atoms with Crippen LogP contribution in [0.1, 0.15) is 18.4 Å². The van der Waals surface area contributed by atoms with Crippen molar-refractivity contribution in [1.29, 1.82) is 0 Å². The van der Waals surface area contributed by atoms with Crippen molar-refractivity contribution in [3.63, 3.8) is 0 Å². The summed E-state index contributed by atoms with van der Waals surface area (Å²) in [5.41, 5.74) is 2.04. The third-order valence-electron chi connectivity index (χ3n) is 5.02. The number of anilines is 1. The molecule has 0 saturated carbocycles. The van der Waals surface area contributed by atoms with Gasteiger partial charge in [-0.25, -0.2) is 0 Å². The number of hydrogen-bond acceptors (Lipinski definition) is 5. The van der Waals surface area contributed by atoms with Crippen molar-refractivity contribution in [2.24, 2.45) is 12.0 Å². The molecule has 0 amide bonds. The van der Waals surface area contributed by atoms with Crippen molar-refractivity contribution < 1.29 is 9.84 Å². The smallest absolute Gasteiger partial charge is 0.191 e. The number of halogens is 1. The predicted molar refractivity (Wildman–Crippen MR) is 127 cm³/mol. The Morgan fingerprint density at radius 3 is 2.90 bits per heavy atom. The van der Waals surface area contributed by atoms with E-state index in [-0.39, 0.29) is 29.7 Å². The molecule has 0 bridgehead atoms. The number of aromatic nitrogens is 2. The minimum absolute atomic E-state index is 0. The van der Waals surface area contributed by atoms with Crippen LogP contribution in [0, 0.1) is 0 Å². The van der Waals surface area contributed by atoms with Crippen LogP contribution in [0.2, 0.25) is 0 Å². The van der Waals surface area contributed by atoms with E-state index in [0.717, 1.165) is 43.1 Å². The number of hydrogen-bond donors (Lipinski definition) is 3. The Morgan fingerprint density at radius 1 is 1.41 bits per heavy atom. The number of methoxy groups -OCH3 is 1. The second-order valence-electron chi connectivity index (χ2n) is 7.05. The number of guanidine groups is 1. The molecule has 9 heteroatoms. The third-order valence-corrected chi connectivity index (χ3v) is 5.02. The van der Waals surface area contributed by atoms with Crippen molar-refractivity contribution >= 4 is 35.6 Å². The van der Waals surface area contributed by atoms with Crippen LogP contribution in [0.15, 0.2) is 35.6 Å². The van der Waals surface area contributed by atoms with E-state index in [0.29, 0.717) is 24.8 Å². The van der Waals surface area contributed by atoms with Crippen LogP contribution in [0.5, 0.6) is 11.5 Å². The number of aromatic hydroxyl groups is 1. The van der Waals surface area contributed by atoms with Crippen molar-refractivity contribution in [2.75, 3.05) is 38.7 Å². The molecule has 29 heavy (non-hydrogen) atoms. The van der Waals surface area contributed by atoms with Crippen molar-refractivity contribution in [1.82, 2.24) is 20.4 Å². The standard InChI is InChI=1S/C20H30N6O2.HI/c1-21-20(22-9-8-15-6-7-18(28-3)11-19(15)27)24-16-5-4-10-26(13-16)17-12-23-25(2)14-17;/h6-7,11-12,14,16,27H,4-5,8-10,13H2,1-3H3,(H2,21,22,24);1H. The zero-order valence-electron chi connectivity index (χ0n) is 17.3. The van der Waals surface area contributed by atoms with E-state index in [1.54, 1.807) is 20.2 Å². The third kappa shape index (κ3) is 6.41. The second kappa shape index (κ2) is 11.1. The summed E-state index contributed by atoms with van der Waals surface area (Å²) in [6, 6.07) is 5.71. The first kappa shape index (κ1) is 23.1. The second-order valence-corrected chi connectivity index (χ2v) is 7.05. The molecule has 2 heterocycles. The molecule has 1 aliphatic heterocycles. The maximum atomic E-state index is 10.1. The molecule has 1 saturated heterocycles. The van der Waals surface area contributed by atoms with E-state index in [1.165, 1.54) is 0 Å². The molecular formula is C20H31IN6O2. The Kier molecular flexibility index (Phi) is 8.87. The van der Waals surface area contributed by atoms with Gasteiger partial charge in [-0.2, -0.15) is 5.10 Å². The first-order chi connectivity index (χ1) is 13.6. The summed E-state index contributed by atoms with van der Waals surface area (Å²) in [7, 11) is 5.31. The molecular weight excluding hydrogens is 483 g/mol. The number of phenols is 1. The van der Waals surface area contributed by atoms with Crippen LogP contribution >= 0.6 is 24.0 Å². The molecule has 2 aromatic rings. The monoisotopic (exact) mass is 514 g/mol. The molecule has 0 radical (unpaired) electrons. The Bertz CT molecular complexity index is 810. The number of phenolic OH excluding ortho intramolecular Hbond substituents is 1. The SMILES string of the molecule is CN=C(NCCc1ccc(OC)cc1O)NC1CCCN(c2cnn(C)c2)C1.I. The minimum Gasteiger partial charge on any atom is -0.508 e. The summed E-state index contributed by atoms with van der Waals surface area (Å²) in [6.45, 7) is 2.65.